The molecule has 1 aliphatic heterocycles. The van der Waals surface area contributed by atoms with Gasteiger partial charge >= 0.3 is 18.4 Å². The number of cyclic esters (lactones) is 2. The molecule has 1 heterocycles. The highest BCUT2D eigenvalue weighted by Gasteiger charge is 2.58. The molecule has 0 aromatic carbocycles. The number of carbonyl (C=O) groups is 1. The van der Waals surface area contributed by atoms with Gasteiger partial charge in [0.2, 0.25) is 0 Å². The van der Waals surface area contributed by atoms with Crippen molar-refractivity contribution in [3.63, 3.8) is 0 Å². The van der Waals surface area contributed by atoms with Gasteiger partial charge < -0.3 is 9.47 Å². The average molecular weight is 170 g/mol. The summed E-state index contributed by atoms with van der Waals surface area (Å²) in [4.78, 5) is 10.1. The second-order valence-electron chi connectivity index (χ2n) is 2.10. The van der Waals surface area contributed by atoms with Gasteiger partial charge in [0.15, 0.2) is 6.17 Å². The first-order valence-corrected chi connectivity index (χ1v) is 2.83. The van der Waals surface area contributed by atoms with Crippen molar-refractivity contribution in [2.45, 2.75) is 25.3 Å². The van der Waals surface area contributed by atoms with Crippen LogP contribution in [0.1, 0.15) is 6.92 Å². The van der Waals surface area contributed by atoms with Crippen molar-refractivity contribution in [2.75, 3.05) is 0 Å². The Labute approximate surface area is 60.1 Å². The van der Waals surface area contributed by atoms with E-state index >= 15 is 0 Å². The molecule has 0 spiro atoms. The summed E-state index contributed by atoms with van der Waals surface area (Å²) in [5.41, 5.74) is 0. The summed E-state index contributed by atoms with van der Waals surface area (Å²) in [6, 6.07) is 0. The third-order valence-corrected chi connectivity index (χ3v) is 1.29. The minimum atomic E-state index is -3.28. The van der Waals surface area contributed by atoms with Gasteiger partial charge in [0, 0.05) is 0 Å². The Morgan fingerprint density at radius 3 is 2.45 bits per heavy atom. The molecule has 1 rings (SSSR count). The van der Waals surface area contributed by atoms with Crippen molar-refractivity contribution < 1.29 is 27.4 Å². The number of hydrogen-bond donors (Lipinski definition) is 0. The van der Waals surface area contributed by atoms with E-state index in [1.807, 2.05) is 0 Å². The Morgan fingerprint density at radius 1 is 1.73 bits per heavy atom. The lowest BCUT2D eigenvalue weighted by atomic mass is 10.2. The van der Waals surface area contributed by atoms with E-state index < -0.39 is 24.5 Å². The summed E-state index contributed by atoms with van der Waals surface area (Å²) in [6.07, 6.45) is -6.48. The van der Waals surface area contributed by atoms with Gasteiger partial charge in [-0.2, -0.15) is 8.78 Å². The highest BCUT2D eigenvalue weighted by molar-refractivity contribution is 5.62. The summed E-state index contributed by atoms with van der Waals surface area (Å²) in [5, 5.41) is 0. The molecule has 64 valence electrons. The molecule has 1 fully saturated rings. The van der Waals surface area contributed by atoms with Crippen LogP contribution in [0.4, 0.5) is 18.0 Å². The smallest absolute Gasteiger partial charge is 0.392 e. The number of hydrogen-bond acceptors (Lipinski definition) is 3. The van der Waals surface area contributed by atoms with Crippen LogP contribution in [-0.2, 0) is 9.47 Å². The average Bonchev–Trinajstić information content (AvgIpc) is 2.08. The molecule has 0 aromatic heterocycles. The second-order valence-corrected chi connectivity index (χ2v) is 2.10. The number of carbonyl (C=O) groups excluding carboxylic acids is 1. The predicted octanol–water partition coefficient (Wildman–Crippen LogP) is 1.47. The van der Waals surface area contributed by atoms with Crippen LogP contribution in [0.2, 0.25) is 0 Å². The third kappa shape index (κ3) is 1.12. The number of ether oxygens (including phenoxy) is 2. The molecule has 0 aliphatic carbocycles. The monoisotopic (exact) mass is 170 g/mol. The SMILES string of the molecule is CC(F)C1(F)OC(=O)OC1F. The largest absolute Gasteiger partial charge is 0.514 e. The predicted molar refractivity (Wildman–Crippen MR) is 26.9 cm³/mol. The molecule has 0 amide bonds. The molecule has 0 radical (unpaired) electrons. The highest BCUT2D eigenvalue weighted by Crippen LogP contribution is 2.34. The Bertz CT molecular complexity index is 184. The second kappa shape index (κ2) is 2.28. The molecule has 11 heavy (non-hydrogen) atoms. The van der Waals surface area contributed by atoms with Gasteiger partial charge in [0.25, 0.3) is 0 Å². The standard InChI is InChI=1S/C5H5F3O3/c1-2(6)5(8)3(7)10-4(9)11-5/h2-3H,1H3. The Morgan fingerprint density at radius 2 is 2.27 bits per heavy atom. The first-order valence-electron chi connectivity index (χ1n) is 2.83. The van der Waals surface area contributed by atoms with Gasteiger partial charge in [-0.25, -0.2) is 9.18 Å². The van der Waals surface area contributed by atoms with Crippen molar-refractivity contribution in [1.29, 1.82) is 0 Å². The lowest BCUT2D eigenvalue weighted by Crippen LogP contribution is -2.40. The molecule has 0 aromatic rings. The molecule has 3 atom stereocenters. The summed E-state index contributed by atoms with van der Waals surface area (Å²) < 4.78 is 44.5. The number of halogens is 3. The van der Waals surface area contributed by atoms with Crippen molar-refractivity contribution in [3.8, 4) is 0 Å². The fraction of sp³-hybridized carbons (Fsp3) is 0.800. The Balaban J connectivity index is 2.78. The van der Waals surface area contributed by atoms with Gasteiger partial charge in [-0.05, 0) is 6.92 Å². The van der Waals surface area contributed by atoms with E-state index in [0.29, 0.717) is 0 Å². The summed E-state index contributed by atoms with van der Waals surface area (Å²) in [6.45, 7) is 0.731. The molecular formula is C5H5F3O3. The fourth-order valence-electron chi connectivity index (χ4n) is 0.625. The van der Waals surface area contributed by atoms with Crippen LogP contribution in [0, 0.1) is 0 Å². The first kappa shape index (κ1) is 8.16. The van der Waals surface area contributed by atoms with E-state index in [-0.39, 0.29) is 0 Å². The van der Waals surface area contributed by atoms with Gasteiger partial charge in [0.1, 0.15) is 0 Å². The molecule has 1 aliphatic rings. The van der Waals surface area contributed by atoms with Crippen LogP contribution in [0.3, 0.4) is 0 Å². The zero-order valence-electron chi connectivity index (χ0n) is 5.51. The van der Waals surface area contributed by atoms with Crippen LogP contribution in [0.25, 0.3) is 0 Å². The van der Waals surface area contributed by atoms with Crippen LogP contribution >= 0.6 is 0 Å². The minimum absolute atomic E-state index is 0.731. The summed E-state index contributed by atoms with van der Waals surface area (Å²) in [7, 11) is 0. The van der Waals surface area contributed by atoms with Crippen LogP contribution in [0.5, 0.6) is 0 Å². The van der Waals surface area contributed by atoms with Crippen LogP contribution in [0.15, 0.2) is 0 Å². The van der Waals surface area contributed by atoms with E-state index in [4.69, 9.17) is 0 Å². The fourth-order valence-corrected chi connectivity index (χ4v) is 0.625. The van der Waals surface area contributed by atoms with Crippen molar-refractivity contribution in [2.24, 2.45) is 0 Å². The van der Waals surface area contributed by atoms with Gasteiger partial charge in [-0.1, -0.05) is 0 Å². The molecule has 0 bridgehead atoms. The molecule has 6 heteroatoms. The zero-order valence-corrected chi connectivity index (χ0v) is 5.51. The van der Waals surface area contributed by atoms with Gasteiger partial charge in [-0.15, -0.1) is 0 Å². The highest BCUT2D eigenvalue weighted by atomic mass is 19.2. The third-order valence-electron chi connectivity index (χ3n) is 1.29. The first-order chi connectivity index (χ1) is 4.97. The van der Waals surface area contributed by atoms with E-state index in [0.717, 1.165) is 6.92 Å². The normalized spacial score (nSPS) is 39.6. The van der Waals surface area contributed by atoms with E-state index in [9.17, 15) is 18.0 Å². The number of alkyl halides is 3. The topological polar surface area (TPSA) is 35.5 Å². The van der Waals surface area contributed by atoms with E-state index in [1.54, 1.807) is 0 Å². The van der Waals surface area contributed by atoms with Crippen molar-refractivity contribution in [1.82, 2.24) is 0 Å². The zero-order chi connectivity index (χ0) is 8.65. The van der Waals surface area contributed by atoms with Crippen LogP contribution < -0.4 is 0 Å². The maximum atomic E-state index is 12.8. The Hall–Kier alpha value is -0.940. The maximum absolute atomic E-state index is 12.8. The van der Waals surface area contributed by atoms with Crippen LogP contribution in [-0.4, -0.2) is 24.5 Å². The molecule has 0 N–H and O–H groups in total. The summed E-state index contributed by atoms with van der Waals surface area (Å²) >= 11 is 0. The minimum Gasteiger partial charge on any atom is -0.392 e. The molecule has 0 saturated carbocycles. The quantitative estimate of drug-likeness (QED) is 0.559. The Kier molecular flexibility index (Phi) is 1.69. The van der Waals surface area contributed by atoms with Gasteiger partial charge in [0.05, 0.1) is 0 Å². The summed E-state index contributed by atoms with van der Waals surface area (Å²) in [5.74, 6) is -3.28. The lowest BCUT2D eigenvalue weighted by Gasteiger charge is -2.17. The van der Waals surface area contributed by atoms with Gasteiger partial charge in [-0.3, -0.25) is 0 Å². The molecule has 1 saturated heterocycles. The number of rotatable bonds is 1. The molecular weight excluding hydrogens is 165 g/mol. The van der Waals surface area contributed by atoms with Crippen molar-refractivity contribution in [3.05, 3.63) is 0 Å². The lowest BCUT2D eigenvalue weighted by molar-refractivity contribution is -0.175. The molecule has 3 nitrogen and oxygen atoms in total. The molecule has 3 unspecified atom stereocenters. The van der Waals surface area contributed by atoms with E-state index in [2.05, 4.69) is 9.47 Å². The van der Waals surface area contributed by atoms with E-state index in [1.165, 1.54) is 0 Å². The maximum Gasteiger partial charge on any atom is 0.514 e. The van der Waals surface area contributed by atoms with Crippen molar-refractivity contribution >= 4 is 6.16 Å².